The highest BCUT2D eigenvalue weighted by atomic mass is 16.5. The minimum atomic E-state index is -1.33. The lowest BCUT2D eigenvalue weighted by molar-refractivity contribution is -0.132. The van der Waals surface area contributed by atoms with E-state index < -0.39 is 12.2 Å². The number of ether oxygens (including phenoxy) is 1. The van der Waals surface area contributed by atoms with Crippen LogP contribution in [-0.4, -0.2) is 23.1 Å². The molecule has 4 nitrogen and oxygen atoms in total. The number of benzene rings is 4. The van der Waals surface area contributed by atoms with Gasteiger partial charge in [0.05, 0.1) is 6.61 Å². The lowest BCUT2D eigenvalue weighted by Crippen LogP contribution is -2.45. The number of anilines is 3. The summed E-state index contributed by atoms with van der Waals surface area (Å²) in [6, 6.07) is 33.7. The van der Waals surface area contributed by atoms with E-state index in [9.17, 15) is 9.90 Å². The molecule has 0 heterocycles. The van der Waals surface area contributed by atoms with Crippen molar-refractivity contribution in [2.75, 3.05) is 11.5 Å². The number of hydrogen-bond donors (Lipinski definition) is 1. The highest BCUT2D eigenvalue weighted by Gasteiger charge is 2.35. The number of ketones is 1. The number of aliphatic hydroxyl groups is 1. The van der Waals surface area contributed by atoms with Gasteiger partial charge in [-0.2, -0.15) is 0 Å². The Kier molecular flexibility index (Phi) is 8.68. The average Bonchev–Trinajstić information content (AvgIpc) is 2.95. The third-order valence-electron chi connectivity index (χ3n) is 6.92. The third kappa shape index (κ3) is 6.84. The number of carbonyl (C=O) groups excluding carboxylic acids is 1. The number of carbonyl (C=O) groups is 1. The number of aryl methyl sites for hydroxylation is 4. The lowest BCUT2D eigenvalue weighted by Gasteiger charge is -2.27. The van der Waals surface area contributed by atoms with Crippen molar-refractivity contribution in [3.63, 3.8) is 0 Å². The van der Waals surface area contributed by atoms with Crippen molar-refractivity contribution in [1.29, 1.82) is 0 Å². The molecule has 0 aliphatic carbocycles. The van der Waals surface area contributed by atoms with Crippen molar-refractivity contribution in [2.45, 2.75) is 46.1 Å². The smallest absolute Gasteiger partial charge is 0.203 e. The molecule has 0 saturated carbocycles. The summed E-state index contributed by atoms with van der Waals surface area (Å²) < 4.78 is 5.85. The summed E-state index contributed by atoms with van der Waals surface area (Å²) in [5, 5.41) is 9.75. The number of nitrogens with zero attached hydrogens (tertiary/aromatic N) is 1. The molecular weight excluding hydrogens is 482 g/mol. The van der Waals surface area contributed by atoms with Crippen LogP contribution in [-0.2, 0) is 17.6 Å². The van der Waals surface area contributed by atoms with Gasteiger partial charge in [0.25, 0.3) is 0 Å². The van der Waals surface area contributed by atoms with Crippen LogP contribution in [0.2, 0.25) is 0 Å². The molecule has 1 unspecified atom stereocenters. The molecule has 0 fully saturated rings. The Morgan fingerprint density at radius 2 is 1.13 bits per heavy atom. The Balaban J connectivity index is 1.45. The molecule has 0 spiro atoms. The summed E-state index contributed by atoms with van der Waals surface area (Å²) in [6.07, 6.45) is 1.78. The largest absolute Gasteiger partial charge is 0.477 e. The Morgan fingerprint density at radius 1 is 0.744 bits per heavy atom. The predicted octanol–water partition coefficient (Wildman–Crippen LogP) is 7.83. The van der Waals surface area contributed by atoms with Gasteiger partial charge in [0.2, 0.25) is 5.78 Å². The molecule has 4 heteroatoms. The van der Waals surface area contributed by atoms with E-state index in [1.165, 1.54) is 22.3 Å². The van der Waals surface area contributed by atoms with Crippen LogP contribution in [0, 0.1) is 13.8 Å². The van der Waals surface area contributed by atoms with Crippen LogP contribution >= 0.6 is 0 Å². The van der Waals surface area contributed by atoms with Crippen LogP contribution in [0.1, 0.15) is 36.1 Å². The highest BCUT2D eigenvalue weighted by Crippen LogP contribution is 2.35. The molecule has 0 saturated heterocycles. The van der Waals surface area contributed by atoms with E-state index in [-0.39, 0.29) is 5.78 Å². The van der Waals surface area contributed by atoms with E-state index in [1.807, 2.05) is 24.3 Å². The first-order valence-corrected chi connectivity index (χ1v) is 13.3. The zero-order valence-electron chi connectivity index (χ0n) is 23.3. The minimum Gasteiger partial charge on any atom is -0.477 e. The Labute approximate surface area is 232 Å². The zero-order valence-corrected chi connectivity index (χ0v) is 23.3. The summed E-state index contributed by atoms with van der Waals surface area (Å²) in [7, 11) is 0. The van der Waals surface area contributed by atoms with Gasteiger partial charge in [0.1, 0.15) is 5.75 Å². The standard InChI is InChI=1S/C35H37NO3/c1-25(2)34(38)35(5,24-37)39-33-22-14-29(15-23-33)11-10-28-12-20-32(21-13-28)36(30-16-6-26(3)7-17-30)31-18-8-27(4)9-19-31/h6-9,12-23,37H,1,10-11,24H2,2-5H3. The number of hydrogen-bond acceptors (Lipinski definition) is 4. The van der Waals surface area contributed by atoms with Crippen molar-refractivity contribution in [2.24, 2.45) is 0 Å². The fraction of sp³-hybridized carbons (Fsp3) is 0.229. The first-order valence-electron chi connectivity index (χ1n) is 13.3. The van der Waals surface area contributed by atoms with E-state index in [0.29, 0.717) is 11.3 Å². The molecule has 0 aromatic heterocycles. The molecule has 0 amide bonds. The van der Waals surface area contributed by atoms with E-state index in [4.69, 9.17) is 4.74 Å². The summed E-state index contributed by atoms with van der Waals surface area (Å²) in [5.41, 5.74) is 7.29. The van der Waals surface area contributed by atoms with Crippen molar-refractivity contribution in [3.05, 3.63) is 131 Å². The van der Waals surface area contributed by atoms with Crippen molar-refractivity contribution in [3.8, 4) is 5.75 Å². The van der Waals surface area contributed by atoms with Gasteiger partial charge in [0.15, 0.2) is 5.60 Å². The van der Waals surface area contributed by atoms with Crippen LogP contribution in [0.3, 0.4) is 0 Å². The number of Topliss-reactive ketones (excluding diaryl/α,β-unsaturated/α-hetero) is 1. The molecule has 0 bridgehead atoms. The summed E-state index contributed by atoms with van der Waals surface area (Å²) in [5.74, 6) is 0.238. The quantitative estimate of drug-likeness (QED) is 0.205. The number of rotatable bonds is 11. The topological polar surface area (TPSA) is 49.8 Å². The lowest BCUT2D eigenvalue weighted by atomic mass is 9.97. The van der Waals surface area contributed by atoms with Crippen LogP contribution in [0.4, 0.5) is 17.1 Å². The van der Waals surface area contributed by atoms with Crippen LogP contribution in [0.25, 0.3) is 0 Å². The number of aliphatic hydroxyl groups excluding tert-OH is 1. The van der Waals surface area contributed by atoms with E-state index >= 15 is 0 Å². The molecule has 0 radical (unpaired) electrons. The monoisotopic (exact) mass is 519 g/mol. The van der Waals surface area contributed by atoms with Gasteiger partial charge < -0.3 is 14.7 Å². The molecule has 4 aromatic carbocycles. The normalized spacial score (nSPS) is 12.4. The van der Waals surface area contributed by atoms with Gasteiger partial charge in [0, 0.05) is 17.1 Å². The molecule has 1 atom stereocenters. The second-order valence-electron chi connectivity index (χ2n) is 10.4. The predicted molar refractivity (Wildman–Crippen MR) is 160 cm³/mol. The van der Waals surface area contributed by atoms with Gasteiger partial charge in [-0.1, -0.05) is 66.2 Å². The first kappa shape index (κ1) is 27.9. The molecule has 4 rings (SSSR count). The fourth-order valence-corrected chi connectivity index (χ4v) is 4.52. The third-order valence-corrected chi connectivity index (χ3v) is 6.92. The maximum absolute atomic E-state index is 12.4. The van der Waals surface area contributed by atoms with Crippen LogP contribution < -0.4 is 9.64 Å². The Bertz CT molecular complexity index is 1360. The summed E-state index contributed by atoms with van der Waals surface area (Å²) >= 11 is 0. The van der Waals surface area contributed by atoms with Crippen molar-refractivity contribution in [1.82, 2.24) is 0 Å². The van der Waals surface area contributed by atoms with E-state index in [0.717, 1.165) is 29.9 Å². The SMILES string of the molecule is C=C(C)C(=O)C(C)(CO)Oc1ccc(CCc2ccc(N(c3ccc(C)cc3)c3ccc(C)cc3)cc2)cc1. The fourth-order valence-electron chi connectivity index (χ4n) is 4.52. The maximum atomic E-state index is 12.4. The van der Waals surface area contributed by atoms with E-state index in [2.05, 4.69) is 98.1 Å². The second kappa shape index (κ2) is 12.1. The van der Waals surface area contributed by atoms with Gasteiger partial charge >= 0.3 is 0 Å². The Hall–Kier alpha value is -4.15. The maximum Gasteiger partial charge on any atom is 0.203 e. The van der Waals surface area contributed by atoms with Gasteiger partial charge in [-0.05, 0) is 106 Å². The second-order valence-corrected chi connectivity index (χ2v) is 10.4. The van der Waals surface area contributed by atoms with Crippen LogP contribution in [0.15, 0.2) is 109 Å². The first-order chi connectivity index (χ1) is 18.7. The molecule has 39 heavy (non-hydrogen) atoms. The van der Waals surface area contributed by atoms with Crippen molar-refractivity contribution >= 4 is 22.8 Å². The van der Waals surface area contributed by atoms with Crippen LogP contribution in [0.5, 0.6) is 5.75 Å². The molecule has 0 aliphatic heterocycles. The van der Waals surface area contributed by atoms with Crippen molar-refractivity contribution < 1.29 is 14.6 Å². The van der Waals surface area contributed by atoms with E-state index in [1.54, 1.807) is 13.8 Å². The molecule has 0 aliphatic rings. The zero-order chi connectivity index (χ0) is 28.0. The molecule has 200 valence electrons. The minimum absolute atomic E-state index is 0.305. The van der Waals surface area contributed by atoms with Gasteiger partial charge in [-0.15, -0.1) is 0 Å². The summed E-state index contributed by atoms with van der Waals surface area (Å²) in [4.78, 5) is 14.7. The molecule has 4 aromatic rings. The summed E-state index contributed by atoms with van der Waals surface area (Å²) in [6.45, 7) is 10.7. The van der Waals surface area contributed by atoms with Gasteiger partial charge in [-0.3, -0.25) is 4.79 Å². The Morgan fingerprint density at radius 3 is 1.51 bits per heavy atom. The molecular formula is C35H37NO3. The van der Waals surface area contributed by atoms with Gasteiger partial charge in [-0.25, -0.2) is 0 Å². The average molecular weight is 520 g/mol. The highest BCUT2D eigenvalue weighted by molar-refractivity contribution is 6.01. The molecule has 1 N–H and O–H groups in total.